The molecule has 0 spiro atoms. The zero-order valence-corrected chi connectivity index (χ0v) is 21.0. The second kappa shape index (κ2) is 10.5. The fourth-order valence-corrected chi connectivity index (χ4v) is 4.86. The van der Waals surface area contributed by atoms with E-state index in [0.717, 1.165) is 31.5 Å². The number of pyridine rings is 1. The number of benzene rings is 1. The number of fused-ring (bicyclic) bond motifs is 3. The van der Waals surface area contributed by atoms with Gasteiger partial charge in [-0.05, 0) is 44.4 Å². The molecule has 11 heteroatoms. The Kier molecular flexibility index (Phi) is 6.95. The minimum absolute atomic E-state index is 0.0943. The molecule has 5 rings (SSSR count). The molecule has 1 aromatic carbocycles. The van der Waals surface area contributed by atoms with Crippen LogP contribution < -0.4 is 20.1 Å². The summed E-state index contributed by atoms with van der Waals surface area (Å²) in [5.41, 5.74) is 2.94. The van der Waals surface area contributed by atoms with Crippen molar-refractivity contribution in [1.29, 1.82) is 0 Å². The Balaban J connectivity index is 1.66. The van der Waals surface area contributed by atoms with Gasteiger partial charge in [-0.25, -0.2) is 4.98 Å². The lowest BCUT2D eigenvalue weighted by atomic mass is 10.1. The smallest absolute Gasteiger partial charge is 0.258 e. The lowest BCUT2D eigenvalue weighted by Crippen LogP contribution is -2.29. The number of carbonyl (C=O) groups is 2. The highest BCUT2D eigenvalue weighted by Crippen LogP contribution is 2.46. The van der Waals surface area contributed by atoms with Crippen molar-refractivity contribution in [2.45, 2.75) is 39.2 Å². The van der Waals surface area contributed by atoms with Crippen LogP contribution in [0, 0.1) is 6.92 Å². The highest BCUT2D eigenvalue weighted by molar-refractivity contribution is 6.05. The molecule has 0 bridgehead atoms. The molecule has 2 N–H and O–H groups in total. The highest BCUT2D eigenvalue weighted by Gasteiger charge is 2.31. The lowest BCUT2D eigenvalue weighted by Gasteiger charge is -2.27. The first-order chi connectivity index (χ1) is 17.9. The maximum Gasteiger partial charge on any atom is 0.258 e. The normalized spacial score (nSPS) is 17.6. The van der Waals surface area contributed by atoms with Gasteiger partial charge in [-0.1, -0.05) is 6.58 Å². The molecule has 1 unspecified atom stereocenters. The minimum atomic E-state index is -0.303. The summed E-state index contributed by atoms with van der Waals surface area (Å²) in [6, 6.07) is 5.04. The highest BCUT2D eigenvalue weighted by atomic mass is 16.7. The molecule has 2 aliphatic heterocycles. The van der Waals surface area contributed by atoms with E-state index in [2.05, 4.69) is 22.2 Å². The first kappa shape index (κ1) is 24.6. The van der Waals surface area contributed by atoms with Gasteiger partial charge in [-0.15, -0.1) is 5.06 Å². The second-order valence-electron chi connectivity index (χ2n) is 9.08. The number of aryl methyl sites for hydroxylation is 1. The van der Waals surface area contributed by atoms with E-state index < -0.39 is 0 Å². The van der Waals surface area contributed by atoms with Gasteiger partial charge in [-0.3, -0.25) is 19.9 Å². The molecule has 2 aromatic heterocycles. The molecule has 194 valence electrons. The average Bonchev–Trinajstić information content (AvgIpc) is 3.06. The van der Waals surface area contributed by atoms with Gasteiger partial charge in [0.1, 0.15) is 25.0 Å². The number of nitrogens with one attached hydrogen (secondary N) is 2. The van der Waals surface area contributed by atoms with Crippen LogP contribution in [0.25, 0.3) is 11.0 Å². The molecule has 11 nitrogen and oxygen atoms in total. The van der Waals surface area contributed by atoms with E-state index in [4.69, 9.17) is 19.3 Å². The van der Waals surface area contributed by atoms with Crippen molar-refractivity contribution in [1.82, 2.24) is 19.6 Å². The zero-order chi connectivity index (χ0) is 25.9. The number of anilines is 2. The Morgan fingerprint density at radius 2 is 2.00 bits per heavy atom. The molecule has 37 heavy (non-hydrogen) atoms. The van der Waals surface area contributed by atoms with Crippen molar-refractivity contribution < 1.29 is 23.9 Å². The Morgan fingerprint density at radius 3 is 2.76 bits per heavy atom. The van der Waals surface area contributed by atoms with Gasteiger partial charge in [0.25, 0.3) is 5.91 Å². The molecule has 4 heterocycles. The maximum absolute atomic E-state index is 13.3. The van der Waals surface area contributed by atoms with E-state index in [0.29, 0.717) is 59.5 Å². The number of nitrogens with zero attached hydrogens (tertiary/aromatic N) is 4. The summed E-state index contributed by atoms with van der Waals surface area (Å²) in [5, 5.41) is 7.68. The van der Waals surface area contributed by atoms with Gasteiger partial charge < -0.3 is 24.2 Å². The molecule has 3 aromatic rings. The van der Waals surface area contributed by atoms with Crippen LogP contribution in [0.3, 0.4) is 0 Å². The monoisotopic (exact) mass is 506 g/mol. The van der Waals surface area contributed by atoms with Crippen molar-refractivity contribution in [2.24, 2.45) is 0 Å². The number of imidazole rings is 1. The number of hydrogen-bond acceptors (Lipinski definition) is 8. The largest absolute Gasteiger partial charge is 0.484 e. The van der Waals surface area contributed by atoms with Gasteiger partial charge in [-0.2, -0.15) is 0 Å². The summed E-state index contributed by atoms with van der Waals surface area (Å²) in [6.45, 7) is 8.98. The first-order valence-corrected chi connectivity index (χ1v) is 12.3. The van der Waals surface area contributed by atoms with E-state index in [9.17, 15) is 9.59 Å². The molecule has 2 amide bonds. The molecule has 0 radical (unpaired) electrons. The van der Waals surface area contributed by atoms with Crippen LogP contribution in [0.4, 0.5) is 11.6 Å². The van der Waals surface area contributed by atoms with E-state index >= 15 is 0 Å². The van der Waals surface area contributed by atoms with Crippen molar-refractivity contribution in [2.75, 3.05) is 36.9 Å². The molecule has 0 aliphatic carbocycles. The van der Waals surface area contributed by atoms with Crippen LogP contribution in [0.1, 0.15) is 48.3 Å². The molecule has 2 aliphatic rings. The standard InChI is InChI=1S/C26H30N6O5/c1-4-37-31-10-6-5-7-19(15-31)32-22-20(14-21(28-17(3)33)23-24(22)36-12-11-35-23)29-26(32)30-25(34)18-8-9-27-16(2)13-18/h4,8-9,13-14,19H,1,5-7,10-12,15H2,2-3H3,(H,28,33)(H,29,30,34). The van der Waals surface area contributed by atoms with Gasteiger partial charge in [0, 0.05) is 30.9 Å². The summed E-state index contributed by atoms with van der Waals surface area (Å²) in [5.74, 6) is 0.767. The lowest BCUT2D eigenvalue weighted by molar-refractivity contribution is -0.114. The van der Waals surface area contributed by atoms with Crippen molar-refractivity contribution in [3.63, 3.8) is 0 Å². The number of hydroxylamine groups is 2. The van der Waals surface area contributed by atoms with Crippen molar-refractivity contribution >= 4 is 34.5 Å². The number of carbonyl (C=O) groups excluding carboxylic acids is 2. The second-order valence-corrected chi connectivity index (χ2v) is 9.08. The molecule has 1 saturated heterocycles. The van der Waals surface area contributed by atoms with E-state index in [1.165, 1.54) is 13.2 Å². The molecular weight excluding hydrogens is 476 g/mol. The van der Waals surface area contributed by atoms with Crippen LogP contribution >= 0.6 is 0 Å². The first-order valence-electron chi connectivity index (χ1n) is 12.3. The van der Waals surface area contributed by atoms with Crippen molar-refractivity contribution in [3.05, 3.63) is 48.5 Å². The van der Waals surface area contributed by atoms with Crippen LogP contribution in [-0.2, 0) is 9.63 Å². The summed E-state index contributed by atoms with van der Waals surface area (Å²) in [6.07, 6.45) is 5.77. The van der Waals surface area contributed by atoms with Crippen LogP contribution in [0.2, 0.25) is 0 Å². The third-order valence-corrected chi connectivity index (χ3v) is 6.35. The van der Waals surface area contributed by atoms with Crippen LogP contribution in [0.5, 0.6) is 11.5 Å². The summed E-state index contributed by atoms with van der Waals surface area (Å²) in [4.78, 5) is 39.8. The Hall–Kier alpha value is -4.12. The molecule has 1 atom stereocenters. The predicted molar refractivity (Wildman–Crippen MR) is 138 cm³/mol. The zero-order valence-electron chi connectivity index (χ0n) is 21.0. The van der Waals surface area contributed by atoms with E-state index in [1.54, 1.807) is 24.4 Å². The van der Waals surface area contributed by atoms with E-state index in [-0.39, 0.29) is 17.9 Å². The quantitative estimate of drug-likeness (QED) is 0.484. The third-order valence-electron chi connectivity index (χ3n) is 6.35. The van der Waals surface area contributed by atoms with Gasteiger partial charge in [0.05, 0.1) is 23.8 Å². The predicted octanol–water partition coefficient (Wildman–Crippen LogP) is 3.82. The SMILES string of the molecule is C=CON1CCCCC(n2c(NC(=O)c3ccnc(C)c3)nc3cc(NC(C)=O)c4c(c32)OCCO4)C1. The fraction of sp³-hybridized carbons (Fsp3) is 0.385. The van der Waals surface area contributed by atoms with E-state index in [1.807, 2.05) is 16.6 Å². The van der Waals surface area contributed by atoms with Crippen LogP contribution in [0.15, 0.2) is 37.2 Å². The van der Waals surface area contributed by atoms with Gasteiger partial charge in [0.15, 0.2) is 11.5 Å². The number of aromatic nitrogens is 3. The van der Waals surface area contributed by atoms with Gasteiger partial charge >= 0.3 is 0 Å². The van der Waals surface area contributed by atoms with Crippen molar-refractivity contribution in [3.8, 4) is 11.5 Å². The van der Waals surface area contributed by atoms with Crippen LogP contribution in [-0.4, -0.2) is 57.7 Å². The Bertz CT molecular complexity index is 1350. The van der Waals surface area contributed by atoms with Gasteiger partial charge in [0.2, 0.25) is 11.9 Å². The Labute approximate surface area is 214 Å². The topological polar surface area (TPSA) is 120 Å². The number of ether oxygens (including phenoxy) is 2. The summed E-state index contributed by atoms with van der Waals surface area (Å²) in [7, 11) is 0. The maximum atomic E-state index is 13.3. The molecular formula is C26H30N6O5. The average molecular weight is 507 g/mol. The Morgan fingerprint density at radius 1 is 1.19 bits per heavy atom. The minimum Gasteiger partial charge on any atom is -0.484 e. The third kappa shape index (κ3) is 5.08. The number of amides is 2. The summed E-state index contributed by atoms with van der Waals surface area (Å²) >= 11 is 0. The summed E-state index contributed by atoms with van der Waals surface area (Å²) < 4.78 is 14.0. The molecule has 0 saturated carbocycles. The number of hydrogen-bond donors (Lipinski definition) is 2. The fourth-order valence-electron chi connectivity index (χ4n) is 4.86. The number of rotatable bonds is 6. The molecule has 1 fully saturated rings.